The van der Waals surface area contributed by atoms with Crippen LogP contribution in [0.25, 0.3) is 11.3 Å². The molecular weight excluding hydrogens is 389 g/mol. The van der Waals surface area contributed by atoms with E-state index in [1.807, 2.05) is 13.8 Å². The van der Waals surface area contributed by atoms with Gasteiger partial charge in [0.1, 0.15) is 11.6 Å². The lowest BCUT2D eigenvalue weighted by Gasteiger charge is -2.10. The molecule has 0 saturated heterocycles. The van der Waals surface area contributed by atoms with Crippen molar-refractivity contribution in [3.05, 3.63) is 72.0 Å². The Hall–Kier alpha value is -3.68. The second kappa shape index (κ2) is 9.69. The highest BCUT2D eigenvalue weighted by Crippen LogP contribution is 2.23. The molecule has 7 nitrogen and oxygen atoms in total. The SMILES string of the molecule is CC(C)Oc1ccc(C(=O)NNC(=O)CCc2ncc(-c3ccccc3F)o2)cc1. The van der Waals surface area contributed by atoms with Crippen molar-refractivity contribution in [1.29, 1.82) is 0 Å². The minimum absolute atomic E-state index is 0.0374. The number of aryl methyl sites for hydroxylation is 1. The Morgan fingerprint density at radius 3 is 2.53 bits per heavy atom. The van der Waals surface area contributed by atoms with Crippen molar-refractivity contribution < 1.29 is 23.1 Å². The van der Waals surface area contributed by atoms with Gasteiger partial charge in [-0.3, -0.25) is 20.4 Å². The number of ether oxygens (including phenoxy) is 1. The molecule has 0 aliphatic heterocycles. The van der Waals surface area contributed by atoms with Gasteiger partial charge in [0, 0.05) is 18.4 Å². The number of oxazole rings is 1. The smallest absolute Gasteiger partial charge is 0.269 e. The number of benzene rings is 2. The summed E-state index contributed by atoms with van der Waals surface area (Å²) in [5, 5.41) is 0. The first-order chi connectivity index (χ1) is 14.4. The van der Waals surface area contributed by atoms with Crippen LogP contribution >= 0.6 is 0 Å². The Labute approximate surface area is 173 Å². The Kier molecular flexibility index (Phi) is 6.79. The van der Waals surface area contributed by atoms with E-state index in [-0.39, 0.29) is 18.9 Å². The van der Waals surface area contributed by atoms with E-state index in [1.54, 1.807) is 42.5 Å². The van der Waals surface area contributed by atoms with Crippen LogP contribution in [0, 0.1) is 5.82 Å². The van der Waals surface area contributed by atoms with Crippen LogP contribution in [0.15, 0.2) is 59.1 Å². The molecule has 8 heteroatoms. The third kappa shape index (κ3) is 5.66. The van der Waals surface area contributed by atoms with Gasteiger partial charge in [0.25, 0.3) is 5.91 Å². The molecule has 0 fully saturated rings. The van der Waals surface area contributed by atoms with Crippen molar-refractivity contribution in [3.63, 3.8) is 0 Å². The molecule has 3 rings (SSSR count). The lowest BCUT2D eigenvalue weighted by molar-refractivity contribution is -0.121. The Bertz CT molecular complexity index is 1020. The van der Waals surface area contributed by atoms with Crippen LogP contribution in [0.2, 0.25) is 0 Å². The average molecular weight is 411 g/mol. The van der Waals surface area contributed by atoms with E-state index in [9.17, 15) is 14.0 Å². The predicted octanol–water partition coefficient (Wildman–Crippen LogP) is 3.66. The molecule has 1 aromatic heterocycles. The van der Waals surface area contributed by atoms with E-state index < -0.39 is 17.6 Å². The number of hydrogen-bond donors (Lipinski definition) is 2. The van der Waals surface area contributed by atoms with Gasteiger partial charge in [-0.2, -0.15) is 0 Å². The van der Waals surface area contributed by atoms with Crippen molar-refractivity contribution in [1.82, 2.24) is 15.8 Å². The highest BCUT2D eigenvalue weighted by molar-refractivity contribution is 5.95. The summed E-state index contributed by atoms with van der Waals surface area (Å²) in [5.74, 6) is -0.0147. The summed E-state index contributed by atoms with van der Waals surface area (Å²) in [7, 11) is 0. The van der Waals surface area contributed by atoms with E-state index in [4.69, 9.17) is 9.15 Å². The molecule has 1 heterocycles. The van der Waals surface area contributed by atoms with Gasteiger partial charge in [0.2, 0.25) is 5.91 Å². The zero-order valence-electron chi connectivity index (χ0n) is 16.6. The van der Waals surface area contributed by atoms with Crippen molar-refractivity contribution in [2.24, 2.45) is 0 Å². The quantitative estimate of drug-likeness (QED) is 0.579. The van der Waals surface area contributed by atoms with Gasteiger partial charge in [-0.1, -0.05) is 12.1 Å². The molecule has 2 N–H and O–H groups in total. The number of halogens is 1. The number of nitrogens with one attached hydrogen (secondary N) is 2. The number of carbonyl (C=O) groups is 2. The molecule has 0 unspecified atom stereocenters. The number of aromatic nitrogens is 1. The summed E-state index contributed by atoms with van der Waals surface area (Å²) in [4.78, 5) is 28.2. The van der Waals surface area contributed by atoms with Crippen LogP contribution in [0.3, 0.4) is 0 Å². The van der Waals surface area contributed by atoms with Gasteiger partial charge in [-0.05, 0) is 50.2 Å². The topological polar surface area (TPSA) is 93.5 Å². The van der Waals surface area contributed by atoms with E-state index in [0.717, 1.165) is 0 Å². The largest absolute Gasteiger partial charge is 0.491 e. The molecule has 0 radical (unpaired) electrons. The minimum atomic E-state index is -0.447. The highest BCUT2D eigenvalue weighted by Gasteiger charge is 2.13. The van der Waals surface area contributed by atoms with Gasteiger partial charge < -0.3 is 9.15 Å². The fourth-order valence-corrected chi connectivity index (χ4v) is 2.65. The zero-order chi connectivity index (χ0) is 21.5. The third-order valence-corrected chi connectivity index (χ3v) is 4.06. The maximum atomic E-state index is 13.8. The first kappa shape index (κ1) is 21.0. The third-order valence-electron chi connectivity index (χ3n) is 4.06. The molecule has 0 bridgehead atoms. The number of amides is 2. The Balaban J connectivity index is 1.46. The standard InChI is InChI=1S/C22H22FN3O4/c1-14(2)29-16-9-7-15(8-10-16)22(28)26-25-20(27)11-12-21-24-13-19(30-21)17-5-3-4-6-18(17)23/h3-10,13-14H,11-12H2,1-2H3,(H,25,27)(H,26,28). The molecular formula is C22H22FN3O4. The molecule has 3 aromatic rings. The van der Waals surface area contributed by atoms with Crippen LogP contribution in [-0.2, 0) is 11.2 Å². The van der Waals surface area contributed by atoms with Crippen LogP contribution in [0.5, 0.6) is 5.75 Å². The summed E-state index contributed by atoms with van der Waals surface area (Å²) in [5.41, 5.74) is 5.39. The van der Waals surface area contributed by atoms with Gasteiger partial charge in [-0.25, -0.2) is 9.37 Å². The lowest BCUT2D eigenvalue weighted by Crippen LogP contribution is -2.41. The van der Waals surface area contributed by atoms with Crippen LogP contribution in [-0.4, -0.2) is 22.9 Å². The number of hydrazine groups is 1. The fourth-order valence-electron chi connectivity index (χ4n) is 2.65. The van der Waals surface area contributed by atoms with E-state index in [1.165, 1.54) is 12.3 Å². The molecule has 2 aromatic carbocycles. The molecule has 0 spiro atoms. The Morgan fingerprint density at radius 2 is 1.83 bits per heavy atom. The summed E-state index contributed by atoms with van der Waals surface area (Å²) in [6.07, 6.45) is 1.70. The summed E-state index contributed by atoms with van der Waals surface area (Å²) < 4.78 is 24.8. The number of rotatable bonds is 7. The lowest BCUT2D eigenvalue weighted by atomic mass is 10.2. The zero-order valence-corrected chi connectivity index (χ0v) is 16.6. The molecule has 2 amide bonds. The second-order valence-corrected chi connectivity index (χ2v) is 6.79. The monoisotopic (exact) mass is 411 g/mol. The van der Waals surface area contributed by atoms with Crippen molar-refractivity contribution in [2.45, 2.75) is 32.8 Å². The van der Waals surface area contributed by atoms with Crippen LogP contribution in [0.4, 0.5) is 4.39 Å². The van der Waals surface area contributed by atoms with E-state index in [2.05, 4.69) is 15.8 Å². The molecule has 0 aliphatic rings. The van der Waals surface area contributed by atoms with Crippen molar-refractivity contribution >= 4 is 11.8 Å². The van der Waals surface area contributed by atoms with Crippen molar-refractivity contribution in [2.75, 3.05) is 0 Å². The number of hydrogen-bond acceptors (Lipinski definition) is 5. The molecule has 0 atom stereocenters. The van der Waals surface area contributed by atoms with Crippen LogP contribution < -0.4 is 15.6 Å². The van der Waals surface area contributed by atoms with E-state index >= 15 is 0 Å². The van der Waals surface area contributed by atoms with Crippen LogP contribution in [0.1, 0.15) is 36.5 Å². The average Bonchev–Trinajstić information content (AvgIpc) is 3.19. The molecule has 0 saturated carbocycles. The predicted molar refractivity (Wildman–Crippen MR) is 108 cm³/mol. The second-order valence-electron chi connectivity index (χ2n) is 6.79. The molecule has 30 heavy (non-hydrogen) atoms. The van der Waals surface area contributed by atoms with E-state index in [0.29, 0.717) is 28.5 Å². The maximum absolute atomic E-state index is 13.8. The first-order valence-electron chi connectivity index (χ1n) is 9.48. The normalized spacial score (nSPS) is 10.7. The fraction of sp³-hybridized carbons (Fsp3) is 0.227. The van der Waals surface area contributed by atoms with Gasteiger partial charge in [-0.15, -0.1) is 0 Å². The van der Waals surface area contributed by atoms with Gasteiger partial charge in [0.05, 0.1) is 17.9 Å². The van der Waals surface area contributed by atoms with Crippen molar-refractivity contribution in [3.8, 4) is 17.1 Å². The minimum Gasteiger partial charge on any atom is -0.491 e. The first-order valence-corrected chi connectivity index (χ1v) is 9.48. The molecule has 156 valence electrons. The number of carbonyl (C=O) groups excluding carboxylic acids is 2. The number of nitrogens with zero attached hydrogens (tertiary/aromatic N) is 1. The summed E-state index contributed by atoms with van der Waals surface area (Å²) in [6.45, 7) is 3.82. The Morgan fingerprint density at radius 1 is 1.10 bits per heavy atom. The molecule has 0 aliphatic carbocycles. The summed E-state index contributed by atoms with van der Waals surface area (Å²) in [6, 6.07) is 12.8. The van der Waals surface area contributed by atoms with Gasteiger partial charge in [0.15, 0.2) is 11.7 Å². The maximum Gasteiger partial charge on any atom is 0.269 e. The highest BCUT2D eigenvalue weighted by atomic mass is 19.1. The summed E-state index contributed by atoms with van der Waals surface area (Å²) >= 11 is 0. The van der Waals surface area contributed by atoms with Gasteiger partial charge >= 0.3 is 0 Å².